The lowest BCUT2D eigenvalue weighted by molar-refractivity contribution is -0.146. The molecule has 0 heterocycles. The molecule has 7 nitrogen and oxygen atoms in total. The molecule has 2 bridgehead atoms. The van der Waals surface area contributed by atoms with Crippen LogP contribution in [0.15, 0.2) is 71.8 Å². The maximum absolute atomic E-state index is 14.0. The number of esters is 2. The van der Waals surface area contributed by atoms with E-state index in [1.807, 2.05) is 69.4 Å². The fourth-order valence-corrected chi connectivity index (χ4v) is 8.88. The van der Waals surface area contributed by atoms with Crippen molar-refractivity contribution in [3.63, 3.8) is 0 Å². The van der Waals surface area contributed by atoms with E-state index in [2.05, 4.69) is 22.6 Å². The van der Waals surface area contributed by atoms with Crippen molar-refractivity contribution in [3.8, 4) is 5.75 Å². The van der Waals surface area contributed by atoms with E-state index in [0.717, 1.165) is 14.7 Å². The van der Waals surface area contributed by atoms with E-state index in [9.17, 15) is 26.8 Å². The van der Waals surface area contributed by atoms with Crippen LogP contribution in [0.2, 0.25) is 0 Å². The van der Waals surface area contributed by atoms with Crippen LogP contribution < -0.4 is 4.74 Å². The van der Waals surface area contributed by atoms with Gasteiger partial charge in [0, 0.05) is 15.4 Å². The maximum atomic E-state index is 14.0. The monoisotopic (exact) mass is 890 g/mol. The van der Waals surface area contributed by atoms with E-state index in [0.29, 0.717) is 18.3 Å². The minimum atomic E-state index is -5.84. The SMILES string of the molecule is O=C(OCC(F)(F)S(=O)(=O)O)C1=C(C(=O)Oc2c(I)cc(I)cc2I)C2c3ccccc3C1c1ccccc12. The van der Waals surface area contributed by atoms with Crippen molar-refractivity contribution < 1.29 is 40.8 Å². The molecule has 0 aliphatic heterocycles. The molecule has 3 aliphatic rings. The molecule has 0 radical (unpaired) electrons. The van der Waals surface area contributed by atoms with Gasteiger partial charge in [-0.05, 0) is 102 Å². The summed E-state index contributed by atoms with van der Waals surface area (Å²) in [7, 11) is -5.84. The Bertz CT molecular complexity index is 1620. The first-order chi connectivity index (χ1) is 18.3. The average molecular weight is 890 g/mol. The maximum Gasteiger partial charge on any atom is 0.402 e. The zero-order chi connectivity index (χ0) is 28.3. The van der Waals surface area contributed by atoms with E-state index in [-0.39, 0.29) is 16.9 Å². The summed E-state index contributed by atoms with van der Waals surface area (Å²) in [6.07, 6.45) is 0. The van der Waals surface area contributed by atoms with Gasteiger partial charge in [0.15, 0.2) is 12.4 Å². The molecular weight excluding hydrogens is 875 g/mol. The van der Waals surface area contributed by atoms with Crippen molar-refractivity contribution in [2.45, 2.75) is 17.1 Å². The van der Waals surface area contributed by atoms with Gasteiger partial charge < -0.3 is 9.47 Å². The number of carbonyl (C=O) groups is 2. The molecule has 6 rings (SSSR count). The van der Waals surface area contributed by atoms with Gasteiger partial charge in [0.1, 0.15) is 0 Å². The second-order valence-corrected chi connectivity index (χ2v) is 13.8. The van der Waals surface area contributed by atoms with Gasteiger partial charge in [0.05, 0.1) is 18.3 Å². The molecule has 0 aromatic heterocycles. The number of alkyl halides is 2. The third-order valence-electron chi connectivity index (χ3n) is 6.45. The van der Waals surface area contributed by atoms with Gasteiger partial charge in [-0.15, -0.1) is 0 Å². The highest BCUT2D eigenvalue weighted by molar-refractivity contribution is 14.1. The third kappa shape index (κ3) is 5.12. The molecule has 0 amide bonds. The van der Waals surface area contributed by atoms with Crippen molar-refractivity contribution in [3.05, 3.63) is 105 Å². The lowest BCUT2D eigenvalue weighted by Crippen LogP contribution is -2.38. The molecule has 0 saturated carbocycles. The fourth-order valence-electron chi connectivity index (χ4n) is 4.87. The molecule has 0 atom stereocenters. The summed E-state index contributed by atoms with van der Waals surface area (Å²) in [5, 5.41) is -4.74. The highest BCUT2D eigenvalue weighted by Gasteiger charge is 2.50. The number of ether oxygens (including phenoxy) is 2. The normalized spacial score (nSPS) is 17.9. The molecule has 0 unspecified atom stereocenters. The van der Waals surface area contributed by atoms with Crippen molar-refractivity contribution >= 4 is 89.8 Å². The summed E-state index contributed by atoms with van der Waals surface area (Å²) in [5.41, 5.74) is 2.57. The Labute approximate surface area is 262 Å². The lowest BCUT2D eigenvalue weighted by atomic mass is 9.61. The van der Waals surface area contributed by atoms with Gasteiger partial charge in [0.25, 0.3) is 0 Å². The summed E-state index contributed by atoms with van der Waals surface area (Å²) in [6.45, 7) is -1.93. The van der Waals surface area contributed by atoms with Crippen LogP contribution in [0.1, 0.15) is 34.1 Å². The van der Waals surface area contributed by atoms with Gasteiger partial charge in [-0.2, -0.15) is 17.2 Å². The highest BCUT2D eigenvalue weighted by Crippen LogP contribution is 2.56. The van der Waals surface area contributed by atoms with Gasteiger partial charge in [-0.1, -0.05) is 48.5 Å². The van der Waals surface area contributed by atoms with Crippen LogP contribution in [0.25, 0.3) is 0 Å². The Hall–Kier alpha value is -1.70. The average Bonchev–Trinajstić information content (AvgIpc) is 2.88. The minimum Gasteiger partial charge on any atom is -0.455 e. The Morgan fingerprint density at radius 1 is 0.821 bits per heavy atom. The van der Waals surface area contributed by atoms with Crippen LogP contribution in [0.4, 0.5) is 8.78 Å². The third-order valence-corrected chi connectivity index (χ3v) is 9.55. The van der Waals surface area contributed by atoms with E-state index >= 15 is 0 Å². The van der Waals surface area contributed by atoms with Crippen molar-refractivity contribution in [2.75, 3.05) is 6.61 Å². The lowest BCUT2D eigenvalue weighted by Gasteiger charge is -2.41. The van der Waals surface area contributed by atoms with Gasteiger partial charge >= 0.3 is 27.3 Å². The van der Waals surface area contributed by atoms with Crippen molar-refractivity contribution in [1.29, 1.82) is 0 Å². The molecule has 3 aromatic rings. The van der Waals surface area contributed by atoms with Crippen LogP contribution in [-0.4, -0.2) is 36.8 Å². The molecular formula is C26H15F2I3O7S. The predicted octanol–water partition coefficient (Wildman–Crippen LogP) is 6.02. The van der Waals surface area contributed by atoms with Crippen molar-refractivity contribution in [1.82, 2.24) is 0 Å². The molecule has 13 heteroatoms. The fraction of sp³-hybridized carbons (Fsp3) is 0.154. The van der Waals surface area contributed by atoms with E-state index in [1.165, 1.54) is 0 Å². The molecule has 202 valence electrons. The smallest absolute Gasteiger partial charge is 0.402 e. The Kier molecular flexibility index (Phi) is 7.84. The first-order valence-corrected chi connectivity index (χ1v) is 15.8. The number of hydrogen-bond acceptors (Lipinski definition) is 6. The van der Waals surface area contributed by atoms with Crippen LogP contribution in [0.3, 0.4) is 0 Å². The first kappa shape index (κ1) is 28.8. The number of hydrogen-bond donors (Lipinski definition) is 1. The molecule has 0 saturated heterocycles. The summed E-state index contributed by atoms with van der Waals surface area (Å²) >= 11 is 6.19. The summed E-state index contributed by atoms with van der Waals surface area (Å²) in [6, 6.07) is 17.9. The van der Waals surface area contributed by atoms with E-state index < -0.39 is 45.8 Å². The summed E-state index contributed by atoms with van der Waals surface area (Å²) < 4.78 is 71.7. The molecule has 3 aliphatic carbocycles. The van der Waals surface area contributed by atoms with Crippen molar-refractivity contribution in [2.24, 2.45) is 0 Å². The predicted molar refractivity (Wildman–Crippen MR) is 161 cm³/mol. The molecule has 39 heavy (non-hydrogen) atoms. The second kappa shape index (κ2) is 10.6. The van der Waals surface area contributed by atoms with E-state index in [4.69, 9.17) is 14.0 Å². The largest absolute Gasteiger partial charge is 0.455 e. The van der Waals surface area contributed by atoms with Gasteiger partial charge in [-0.3, -0.25) is 4.55 Å². The summed E-state index contributed by atoms with van der Waals surface area (Å²) in [4.78, 5) is 27.3. The van der Waals surface area contributed by atoms with Crippen LogP contribution in [-0.2, 0) is 24.4 Å². The summed E-state index contributed by atoms with van der Waals surface area (Å²) in [5.74, 6) is -3.51. The topological polar surface area (TPSA) is 107 Å². The number of halogens is 5. The zero-order valence-corrected chi connectivity index (χ0v) is 26.6. The standard InChI is InChI=1S/C26H15F2I3O7S/c27-26(28,39(34,35)36)11-37-24(32)21-19-13-5-1-3-7-15(13)20(16-8-4-2-6-14(16)19)22(21)25(33)38-23-17(30)9-12(29)10-18(23)31/h1-10,19-20H,11H2,(H,34,35,36). The van der Waals surface area contributed by atoms with Crippen LogP contribution in [0, 0.1) is 10.7 Å². The van der Waals surface area contributed by atoms with Gasteiger partial charge in [-0.25, -0.2) is 9.59 Å². The zero-order valence-electron chi connectivity index (χ0n) is 19.3. The molecule has 3 aromatic carbocycles. The number of rotatable bonds is 6. The first-order valence-electron chi connectivity index (χ1n) is 11.1. The number of benzene rings is 3. The minimum absolute atomic E-state index is 0.0808. The molecule has 1 N–H and O–H groups in total. The molecule has 0 fully saturated rings. The van der Waals surface area contributed by atoms with Crippen LogP contribution in [0.5, 0.6) is 5.75 Å². The molecule has 0 spiro atoms. The van der Waals surface area contributed by atoms with Crippen LogP contribution >= 0.6 is 67.8 Å². The Morgan fingerprint density at radius 2 is 1.23 bits per heavy atom. The quantitative estimate of drug-likeness (QED) is 0.140. The number of carbonyl (C=O) groups excluding carboxylic acids is 2. The highest BCUT2D eigenvalue weighted by atomic mass is 127. The Balaban J connectivity index is 1.66. The van der Waals surface area contributed by atoms with E-state index in [1.54, 1.807) is 36.4 Å². The van der Waals surface area contributed by atoms with Gasteiger partial charge in [0.2, 0.25) is 0 Å². The Morgan fingerprint density at radius 3 is 1.64 bits per heavy atom. The second-order valence-electron chi connectivity index (χ2n) is 8.73.